The first kappa shape index (κ1) is 27.0. The molecule has 0 unspecified atom stereocenters. The lowest BCUT2D eigenvalue weighted by Crippen LogP contribution is -2.06. The first-order valence-corrected chi connectivity index (χ1v) is 11.0. The van der Waals surface area contributed by atoms with Crippen molar-refractivity contribution in [2.75, 3.05) is 26.4 Å². The van der Waals surface area contributed by atoms with Crippen LogP contribution in [0.1, 0.15) is 38.9 Å². The molecule has 0 saturated carbocycles. The number of fused-ring (bicyclic) bond motifs is 1. The van der Waals surface area contributed by atoms with E-state index in [0.717, 1.165) is 36.8 Å². The summed E-state index contributed by atoms with van der Waals surface area (Å²) in [4.78, 5) is 30.9. The summed E-state index contributed by atoms with van der Waals surface area (Å²) >= 11 is 0. The van der Waals surface area contributed by atoms with Crippen molar-refractivity contribution >= 4 is 30.1 Å². The number of carbonyl (C=O) groups is 2. The van der Waals surface area contributed by atoms with Crippen LogP contribution in [0.4, 0.5) is 5.69 Å². The summed E-state index contributed by atoms with van der Waals surface area (Å²) in [6, 6.07) is 14.4. The molecule has 35 heavy (non-hydrogen) atoms. The Balaban J connectivity index is 0.000000232. The summed E-state index contributed by atoms with van der Waals surface area (Å²) in [6.07, 6.45) is 6.05. The zero-order valence-corrected chi connectivity index (χ0v) is 20.2. The molecule has 0 aliphatic rings. The van der Waals surface area contributed by atoms with Crippen molar-refractivity contribution < 1.29 is 9.59 Å². The third-order valence-electron chi connectivity index (χ3n) is 4.90. The molecule has 0 radical (unpaired) electrons. The van der Waals surface area contributed by atoms with Gasteiger partial charge in [0.2, 0.25) is 0 Å². The molecule has 9 heteroatoms. The van der Waals surface area contributed by atoms with Gasteiger partial charge in [-0.05, 0) is 62.6 Å². The molecule has 182 valence electrons. The number of imidazole rings is 1. The molecule has 0 fully saturated rings. The highest BCUT2D eigenvalue weighted by molar-refractivity contribution is 5.90. The second-order valence-electron chi connectivity index (χ2n) is 7.30. The van der Waals surface area contributed by atoms with Crippen LogP contribution >= 0.6 is 0 Å². The Kier molecular flexibility index (Phi) is 10.9. The van der Waals surface area contributed by atoms with E-state index in [9.17, 15) is 9.59 Å². The zero-order chi connectivity index (χ0) is 25.6. The minimum Gasteiger partial charge on any atom is -0.398 e. The number of aldehydes is 2. The molecular weight excluding hydrogens is 442 g/mol. The van der Waals surface area contributed by atoms with Gasteiger partial charge in [-0.1, -0.05) is 19.1 Å². The van der Waals surface area contributed by atoms with Crippen molar-refractivity contribution in [1.82, 2.24) is 25.0 Å². The van der Waals surface area contributed by atoms with Crippen LogP contribution in [-0.4, -0.2) is 53.8 Å². The Morgan fingerprint density at radius 1 is 1.03 bits per heavy atom. The van der Waals surface area contributed by atoms with E-state index < -0.39 is 0 Å². The van der Waals surface area contributed by atoms with Crippen molar-refractivity contribution in [3.05, 3.63) is 83.3 Å². The molecule has 0 aliphatic heterocycles. The van der Waals surface area contributed by atoms with Gasteiger partial charge in [-0.3, -0.25) is 19.0 Å². The van der Waals surface area contributed by atoms with Gasteiger partial charge in [0.15, 0.2) is 12.6 Å². The number of anilines is 1. The van der Waals surface area contributed by atoms with Gasteiger partial charge in [0.05, 0.1) is 11.3 Å². The monoisotopic (exact) mass is 473 g/mol. The molecule has 0 spiro atoms. The molecule has 5 N–H and O–H groups in total. The molecule has 1 aromatic carbocycles. The zero-order valence-electron chi connectivity index (χ0n) is 20.2. The van der Waals surface area contributed by atoms with Crippen LogP contribution in [0.3, 0.4) is 0 Å². The maximum atomic E-state index is 11.3. The highest BCUT2D eigenvalue weighted by Gasteiger charge is 2.15. The van der Waals surface area contributed by atoms with Gasteiger partial charge in [-0.2, -0.15) is 0 Å². The summed E-state index contributed by atoms with van der Waals surface area (Å²) in [7, 11) is 3.82. The number of benzene rings is 1. The number of nitrogens with two attached hydrogens (primary N) is 1. The summed E-state index contributed by atoms with van der Waals surface area (Å²) in [5, 5.41) is 13.1. The molecule has 0 aliphatic carbocycles. The normalized spacial score (nSPS) is 9.91. The van der Waals surface area contributed by atoms with Crippen LogP contribution in [0.25, 0.3) is 17.0 Å². The molecule has 0 bridgehead atoms. The number of hydrogen-bond donors (Lipinski definition) is 4. The fourth-order valence-electron chi connectivity index (χ4n) is 3.07. The largest absolute Gasteiger partial charge is 0.398 e. The number of nitrogens with zero attached hydrogens (tertiary/aromatic N) is 3. The van der Waals surface area contributed by atoms with Crippen molar-refractivity contribution in [2.45, 2.75) is 13.5 Å². The lowest BCUT2D eigenvalue weighted by molar-refractivity contribution is 0.111. The van der Waals surface area contributed by atoms with Gasteiger partial charge in [0, 0.05) is 36.4 Å². The van der Waals surface area contributed by atoms with E-state index in [4.69, 9.17) is 11.1 Å². The summed E-state index contributed by atoms with van der Waals surface area (Å²) in [5.41, 5.74) is 10.6. The van der Waals surface area contributed by atoms with Crippen LogP contribution in [0.2, 0.25) is 0 Å². The standard InChI is InChI=1S/C14H9N3O2.C9H13N3.C3H9N/c18-8-10-4-3-7-17-12(9-19)13(16-14(10)17)11-5-1-2-6-15-11;1-12-6-7-2-3-9(11)8(4-7)5-10;1-3-4-2/h1-9H;2-5,10,12H,6,11H2,1H3;4H,3H2,1-2H3. The van der Waals surface area contributed by atoms with E-state index in [1.807, 2.05) is 38.4 Å². The number of carbonyl (C=O) groups excluding carboxylic acids is 2. The van der Waals surface area contributed by atoms with Crippen LogP contribution in [0, 0.1) is 5.41 Å². The van der Waals surface area contributed by atoms with E-state index in [1.54, 1.807) is 41.1 Å². The molecule has 4 rings (SSSR count). The average molecular weight is 474 g/mol. The fraction of sp³-hybridized carbons (Fsp3) is 0.192. The Morgan fingerprint density at radius 3 is 2.37 bits per heavy atom. The second kappa shape index (κ2) is 14.1. The molecule has 0 amide bonds. The maximum Gasteiger partial charge on any atom is 0.169 e. The van der Waals surface area contributed by atoms with E-state index >= 15 is 0 Å². The van der Waals surface area contributed by atoms with E-state index in [1.165, 1.54) is 6.21 Å². The Hall–Kier alpha value is -4.21. The second-order valence-corrected chi connectivity index (χ2v) is 7.30. The number of hydrogen-bond acceptors (Lipinski definition) is 8. The van der Waals surface area contributed by atoms with Crippen LogP contribution in [0.5, 0.6) is 0 Å². The molecule has 9 nitrogen and oxygen atoms in total. The topological polar surface area (TPSA) is 138 Å². The number of rotatable bonds is 7. The van der Waals surface area contributed by atoms with Crippen molar-refractivity contribution in [1.29, 1.82) is 5.41 Å². The van der Waals surface area contributed by atoms with Crippen molar-refractivity contribution in [2.24, 2.45) is 0 Å². The molecule has 0 atom stereocenters. The van der Waals surface area contributed by atoms with Crippen LogP contribution < -0.4 is 16.4 Å². The van der Waals surface area contributed by atoms with Gasteiger partial charge in [0.1, 0.15) is 17.0 Å². The average Bonchev–Trinajstić information content (AvgIpc) is 3.30. The number of nitrogen functional groups attached to an aromatic ring is 1. The maximum absolute atomic E-state index is 11.3. The molecule has 3 heterocycles. The van der Waals surface area contributed by atoms with E-state index in [-0.39, 0.29) is 0 Å². The fourth-order valence-corrected chi connectivity index (χ4v) is 3.07. The quantitative estimate of drug-likeness (QED) is 0.184. The van der Waals surface area contributed by atoms with Crippen molar-refractivity contribution in [3.8, 4) is 11.4 Å². The predicted octanol–water partition coefficient (Wildman–Crippen LogP) is 3.23. The van der Waals surface area contributed by atoms with Gasteiger partial charge in [0.25, 0.3) is 0 Å². The smallest absolute Gasteiger partial charge is 0.169 e. The van der Waals surface area contributed by atoms with E-state index in [2.05, 4.69) is 27.5 Å². The molecule has 4 aromatic rings. The van der Waals surface area contributed by atoms with Gasteiger partial charge < -0.3 is 21.8 Å². The Bertz CT molecular complexity index is 1250. The number of pyridine rings is 2. The minimum atomic E-state index is 0.386. The minimum absolute atomic E-state index is 0.386. The highest BCUT2D eigenvalue weighted by Crippen LogP contribution is 2.22. The predicted molar refractivity (Wildman–Crippen MR) is 140 cm³/mol. The third-order valence-corrected chi connectivity index (χ3v) is 4.90. The highest BCUT2D eigenvalue weighted by atomic mass is 16.1. The Labute approximate surface area is 204 Å². The first-order chi connectivity index (χ1) is 17.0. The van der Waals surface area contributed by atoms with Crippen molar-refractivity contribution in [3.63, 3.8) is 0 Å². The number of nitrogens with one attached hydrogen (secondary N) is 3. The number of aromatic nitrogens is 3. The van der Waals surface area contributed by atoms with Crippen LogP contribution in [-0.2, 0) is 6.54 Å². The summed E-state index contributed by atoms with van der Waals surface area (Å²) in [5.74, 6) is 0. The Morgan fingerprint density at radius 2 is 1.80 bits per heavy atom. The SMILES string of the molecule is CCNC.CNCc1ccc(N)c(C=N)c1.O=Cc1cccn2c(C=O)c(-c3ccccn3)nc12. The lowest BCUT2D eigenvalue weighted by Gasteiger charge is -2.03. The van der Waals surface area contributed by atoms with Gasteiger partial charge in [-0.25, -0.2) is 4.98 Å². The summed E-state index contributed by atoms with van der Waals surface area (Å²) in [6.45, 7) is 3.95. The van der Waals surface area contributed by atoms with Crippen LogP contribution in [0.15, 0.2) is 60.9 Å². The van der Waals surface area contributed by atoms with Gasteiger partial charge >= 0.3 is 0 Å². The third kappa shape index (κ3) is 7.13. The van der Waals surface area contributed by atoms with E-state index in [0.29, 0.717) is 34.0 Å². The lowest BCUT2D eigenvalue weighted by atomic mass is 10.1. The van der Waals surface area contributed by atoms with Gasteiger partial charge in [-0.15, -0.1) is 0 Å². The first-order valence-electron chi connectivity index (χ1n) is 11.0. The molecule has 0 saturated heterocycles. The molecular formula is C26H31N7O2. The molecule has 3 aromatic heterocycles. The summed E-state index contributed by atoms with van der Waals surface area (Å²) < 4.78 is 1.60.